The van der Waals surface area contributed by atoms with Crippen molar-refractivity contribution in [2.75, 3.05) is 36.8 Å². The summed E-state index contributed by atoms with van der Waals surface area (Å²) in [6.07, 6.45) is 5.24. The average molecular weight is 493 g/mol. The number of nitrogens with one attached hydrogen (secondary N) is 1. The van der Waals surface area contributed by atoms with Gasteiger partial charge in [-0.25, -0.2) is 17.8 Å². The molecule has 1 fully saturated rings. The Hall–Kier alpha value is -3.49. The van der Waals surface area contributed by atoms with E-state index in [1.54, 1.807) is 30.3 Å². The van der Waals surface area contributed by atoms with Crippen LogP contribution in [0.2, 0.25) is 0 Å². The van der Waals surface area contributed by atoms with Crippen LogP contribution in [0.4, 0.5) is 10.2 Å². The summed E-state index contributed by atoms with van der Waals surface area (Å²) in [5.41, 5.74) is 2.08. The van der Waals surface area contributed by atoms with E-state index in [4.69, 9.17) is 0 Å². The van der Waals surface area contributed by atoms with E-state index in [1.807, 2.05) is 36.7 Å². The van der Waals surface area contributed by atoms with Crippen LogP contribution in [0.5, 0.6) is 0 Å². The number of pyridine rings is 1. The number of benzene rings is 2. The lowest BCUT2D eigenvalue weighted by Crippen LogP contribution is -2.46. The van der Waals surface area contributed by atoms with Crippen LogP contribution < -0.4 is 4.90 Å². The van der Waals surface area contributed by atoms with Crippen molar-refractivity contribution in [1.29, 1.82) is 0 Å². The van der Waals surface area contributed by atoms with Crippen LogP contribution >= 0.6 is 0 Å². The van der Waals surface area contributed by atoms with E-state index in [-0.39, 0.29) is 11.6 Å². The van der Waals surface area contributed by atoms with Crippen LogP contribution in [0, 0.1) is 5.82 Å². The Morgan fingerprint density at radius 2 is 1.74 bits per heavy atom. The number of hydrogen-bond acceptors (Lipinski definition) is 5. The molecule has 1 N–H and O–H groups in total. The molecule has 5 rings (SSSR count). The van der Waals surface area contributed by atoms with Crippen molar-refractivity contribution in [2.45, 2.75) is 11.4 Å². The SMILES string of the molecule is C=CCS(=O)(=O)c1ccc2[nH]cc(CN3CCN(c4ccccn4)CC3)c2c1.Fc1ccccc1. The molecule has 0 aliphatic carbocycles. The number of aromatic amines is 1. The molecule has 0 spiro atoms. The van der Waals surface area contributed by atoms with Gasteiger partial charge in [0.25, 0.3) is 0 Å². The Morgan fingerprint density at radius 3 is 2.37 bits per heavy atom. The summed E-state index contributed by atoms with van der Waals surface area (Å²) in [7, 11) is -3.33. The highest BCUT2D eigenvalue weighted by molar-refractivity contribution is 7.91. The first kappa shape index (κ1) is 24.6. The summed E-state index contributed by atoms with van der Waals surface area (Å²) in [4.78, 5) is 12.7. The minimum absolute atomic E-state index is 0.0479. The maximum absolute atomic E-state index is 12.4. The van der Waals surface area contributed by atoms with Crippen LogP contribution in [-0.4, -0.2) is 55.2 Å². The lowest BCUT2D eigenvalue weighted by molar-refractivity contribution is 0.250. The van der Waals surface area contributed by atoms with E-state index >= 15 is 0 Å². The number of fused-ring (bicyclic) bond motifs is 1. The summed E-state index contributed by atoms with van der Waals surface area (Å²) in [6, 6.07) is 19.2. The summed E-state index contributed by atoms with van der Waals surface area (Å²) < 4.78 is 36.6. The third kappa shape index (κ3) is 6.35. The largest absolute Gasteiger partial charge is 0.361 e. The van der Waals surface area contributed by atoms with E-state index < -0.39 is 9.84 Å². The molecule has 0 unspecified atom stereocenters. The molecule has 8 heteroatoms. The fourth-order valence-electron chi connectivity index (χ4n) is 4.06. The summed E-state index contributed by atoms with van der Waals surface area (Å²) in [5, 5.41) is 0.970. The van der Waals surface area contributed by atoms with Crippen molar-refractivity contribution in [3.05, 3.63) is 103 Å². The van der Waals surface area contributed by atoms with Gasteiger partial charge in [0.15, 0.2) is 9.84 Å². The van der Waals surface area contributed by atoms with Gasteiger partial charge in [-0.15, -0.1) is 6.58 Å². The van der Waals surface area contributed by atoms with E-state index in [2.05, 4.69) is 26.3 Å². The van der Waals surface area contributed by atoms with Gasteiger partial charge in [0.1, 0.15) is 11.6 Å². The third-order valence-corrected chi connectivity index (χ3v) is 7.55. The van der Waals surface area contributed by atoms with Gasteiger partial charge in [-0.1, -0.05) is 30.3 Å². The molecule has 1 aliphatic rings. The maximum atomic E-state index is 12.4. The lowest BCUT2D eigenvalue weighted by Gasteiger charge is -2.35. The first-order valence-electron chi connectivity index (χ1n) is 11.5. The topological polar surface area (TPSA) is 69.3 Å². The normalized spacial score (nSPS) is 14.4. The predicted molar refractivity (Wildman–Crippen MR) is 139 cm³/mol. The number of H-pyrrole nitrogens is 1. The molecule has 4 aromatic rings. The van der Waals surface area contributed by atoms with Crippen molar-refractivity contribution in [3.63, 3.8) is 0 Å². The summed E-state index contributed by atoms with van der Waals surface area (Å²) >= 11 is 0. The highest BCUT2D eigenvalue weighted by atomic mass is 32.2. The number of anilines is 1. The smallest absolute Gasteiger partial charge is 0.181 e. The first-order chi connectivity index (χ1) is 17.0. The summed E-state index contributed by atoms with van der Waals surface area (Å²) in [5.74, 6) is 0.794. The van der Waals surface area contributed by atoms with Crippen molar-refractivity contribution >= 4 is 26.6 Å². The number of rotatable bonds is 6. The summed E-state index contributed by atoms with van der Waals surface area (Å²) in [6.45, 7) is 8.08. The second-order valence-corrected chi connectivity index (χ2v) is 10.4. The second-order valence-electron chi connectivity index (χ2n) is 8.34. The quantitative estimate of drug-likeness (QED) is 0.396. The fraction of sp³-hybridized carbons (Fsp3) is 0.222. The van der Waals surface area contributed by atoms with E-state index in [9.17, 15) is 12.8 Å². The Morgan fingerprint density at radius 1 is 1.00 bits per heavy atom. The molecule has 0 bridgehead atoms. The fourth-order valence-corrected chi connectivity index (χ4v) is 5.14. The van der Waals surface area contributed by atoms with Crippen molar-refractivity contribution < 1.29 is 12.8 Å². The highest BCUT2D eigenvalue weighted by Crippen LogP contribution is 2.25. The molecule has 3 heterocycles. The molecule has 0 amide bonds. The predicted octanol–water partition coefficient (Wildman–Crippen LogP) is 4.67. The maximum Gasteiger partial charge on any atom is 0.181 e. The number of piperazine rings is 1. The molecular weight excluding hydrogens is 463 g/mol. The molecule has 0 radical (unpaired) electrons. The van der Waals surface area contributed by atoms with Gasteiger partial charge in [0.2, 0.25) is 0 Å². The zero-order chi connectivity index (χ0) is 24.7. The molecule has 1 saturated heterocycles. The van der Waals surface area contributed by atoms with E-state index in [1.165, 1.54) is 18.2 Å². The molecule has 0 saturated carbocycles. The van der Waals surface area contributed by atoms with Gasteiger partial charge in [0.05, 0.1) is 10.6 Å². The van der Waals surface area contributed by atoms with Crippen LogP contribution in [0.3, 0.4) is 0 Å². The molecule has 2 aromatic heterocycles. The second kappa shape index (κ2) is 11.3. The molecule has 35 heavy (non-hydrogen) atoms. The average Bonchev–Trinajstić information content (AvgIpc) is 3.28. The van der Waals surface area contributed by atoms with Gasteiger partial charge in [-0.3, -0.25) is 4.90 Å². The van der Waals surface area contributed by atoms with Gasteiger partial charge in [-0.05, 0) is 48.0 Å². The van der Waals surface area contributed by atoms with E-state index in [0.717, 1.165) is 55.0 Å². The van der Waals surface area contributed by atoms with Crippen LogP contribution in [-0.2, 0) is 16.4 Å². The minimum Gasteiger partial charge on any atom is -0.361 e. The molecule has 2 aromatic carbocycles. The van der Waals surface area contributed by atoms with Crippen molar-refractivity contribution in [1.82, 2.24) is 14.9 Å². The number of aromatic nitrogens is 2. The first-order valence-corrected chi connectivity index (χ1v) is 13.1. The third-order valence-electron chi connectivity index (χ3n) is 5.91. The number of nitrogens with zero attached hydrogens (tertiary/aromatic N) is 3. The van der Waals surface area contributed by atoms with Gasteiger partial charge in [-0.2, -0.15) is 0 Å². The lowest BCUT2D eigenvalue weighted by atomic mass is 10.1. The van der Waals surface area contributed by atoms with Crippen molar-refractivity contribution in [2.24, 2.45) is 0 Å². The Bertz CT molecular complexity index is 1350. The standard InChI is InChI=1S/C21H24N4O2S.C6H5F/c1-2-13-28(26,27)18-6-7-20-19(14-18)17(15-23-20)16-24-9-11-25(12-10-24)21-5-3-4-8-22-21;7-6-4-2-1-3-5-6/h2-8,14-15,23H,1,9-13,16H2;1-5H. The Balaban J connectivity index is 0.000000356. The minimum atomic E-state index is -3.33. The molecule has 0 atom stereocenters. The van der Waals surface area contributed by atoms with Crippen LogP contribution in [0.15, 0.2) is 96.7 Å². The van der Waals surface area contributed by atoms with Crippen LogP contribution in [0.25, 0.3) is 10.9 Å². The molecule has 182 valence electrons. The van der Waals surface area contributed by atoms with Gasteiger partial charge < -0.3 is 9.88 Å². The van der Waals surface area contributed by atoms with Crippen molar-refractivity contribution in [3.8, 4) is 0 Å². The zero-order valence-electron chi connectivity index (χ0n) is 19.5. The monoisotopic (exact) mass is 492 g/mol. The zero-order valence-corrected chi connectivity index (χ0v) is 20.3. The van der Waals surface area contributed by atoms with E-state index in [0.29, 0.717) is 4.90 Å². The Labute approximate surface area is 205 Å². The van der Waals surface area contributed by atoms with Gasteiger partial charge in [0, 0.05) is 56.0 Å². The molecule has 6 nitrogen and oxygen atoms in total. The molecular formula is C27H29FN4O2S. The Kier molecular flexibility index (Phi) is 7.94. The van der Waals surface area contributed by atoms with Crippen LogP contribution in [0.1, 0.15) is 5.56 Å². The number of halogens is 1. The number of hydrogen-bond donors (Lipinski definition) is 1. The molecule has 1 aliphatic heterocycles. The highest BCUT2D eigenvalue weighted by Gasteiger charge is 2.20. The van der Waals surface area contributed by atoms with Gasteiger partial charge >= 0.3 is 0 Å². The number of sulfone groups is 1.